The van der Waals surface area contributed by atoms with Gasteiger partial charge in [0.15, 0.2) is 0 Å². The van der Waals surface area contributed by atoms with Crippen LogP contribution in [0.15, 0.2) is 18.2 Å². The van der Waals surface area contributed by atoms with Crippen LogP contribution in [0.1, 0.15) is 12.0 Å². The first kappa shape index (κ1) is 15.8. The summed E-state index contributed by atoms with van der Waals surface area (Å²) in [6.07, 6.45) is -0.0512. The number of carboxylic acid groups (broad SMARTS) is 1. The predicted octanol–water partition coefficient (Wildman–Crippen LogP) is 0.961. The van der Waals surface area contributed by atoms with Crippen molar-refractivity contribution in [1.29, 1.82) is 0 Å². The normalized spacial score (nSPS) is 11.6. The maximum absolute atomic E-state index is 11.7. The molecule has 0 aliphatic carbocycles. The number of aliphatic hydroxyl groups excluding tert-OH is 1. The van der Waals surface area contributed by atoms with Crippen molar-refractivity contribution >= 4 is 17.7 Å². The third-order valence-electron chi connectivity index (χ3n) is 2.67. The zero-order valence-corrected chi connectivity index (χ0v) is 11.3. The second-order valence-electron chi connectivity index (χ2n) is 4.19. The molecule has 110 valence electrons. The monoisotopic (exact) mass is 282 g/mol. The van der Waals surface area contributed by atoms with Gasteiger partial charge < -0.3 is 25.6 Å². The minimum absolute atomic E-state index is 0.0512. The lowest BCUT2D eigenvalue weighted by Crippen LogP contribution is -2.43. The lowest BCUT2D eigenvalue weighted by Gasteiger charge is -2.14. The molecular formula is C13H18N2O5. The van der Waals surface area contributed by atoms with Crippen molar-refractivity contribution < 1.29 is 24.5 Å². The largest absolute Gasteiger partial charge is 0.496 e. The van der Waals surface area contributed by atoms with Crippen molar-refractivity contribution in [2.75, 3.05) is 19.0 Å². The SMILES string of the molecule is COc1ccc(NC(=O)N[C@H](CCO)C(=O)O)cc1C. The smallest absolute Gasteiger partial charge is 0.326 e. The number of hydrogen-bond donors (Lipinski definition) is 4. The Morgan fingerprint density at radius 1 is 1.40 bits per heavy atom. The summed E-state index contributed by atoms with van der Waals surface area (Å²) in [7, 11) is 1.55. The Morgan fingerprint density at radius 2 is 2.10 bits per heavy atom. The molecule has 7 heteroatoms. The number of methoxy groups -OCH3 is 1. The van der Waals surface area contributed by atoms with Gasteiger partial charge in [-0.1, -0.05) is 0 Å². The number of aliphatic hydroxyl groups is 1. The molecule has 0 unspecified atom stereocenters. The fourth-order valence-electron chi connectivity index (χ4n) is 1.67. The summed E-state index contributed by atoms with van der Waals surface area (Å²) in [5.74, 6) is -0.500. The van der Waals surface area contributed by atoms with E-state index in [0.717, 1.165) is 5.56 Å². The summed E-state index contributed by atoms with van der Waals surface area (Å²) < 4.78 is 5.10. The maximum Gasteiger partial charge on any atom is 0.326 e. The Morgan fingerprint density at radius 3 is 2.60 bits per heavy atom. The number of hydrogen-bond acceptors (Lipinski definition) is 4. The van der Waals surface area contributed by atoms with Crippen LogP contribution in [0.3, 0.4) is 0 Å². The molecular weight excluding hydrogens is 264 g/mol. The van der Waals surface area contributed by atoms with E-state index >= 15 is 0 Å². The summed E-state index contributed by atoms with van der Waals surface area (Å²) in [5.41, 5.74) is 1.37. The number of aliphatic carboxylic acids is 1. The Balaban J connectivity index is 2.66. The summed E-state index contributed by atoms with van der Waals surface area (Å²) in [5, 5.41) is 22.4. The van der Waals surface area contributed by atoms with Gasteiger partial charge in [-0.2, -0.15) is 0 Å². The van der Waals surface area contributed by atoms with Crippen LogP contribution >= 0.6 is 0 Å². The number of anilines is 1. The number of ether oxygens (including phenoxy) is 1. The second-order valence-corrected chi connectivity index (χ2v) is 4.19. The van der Waals surface area contributed by atoms with Gasteiger partial charge in [0, 0.05) is 18.7 Å². The minimum Gasteiger partial charge on any atom is -0.496 e. The number of nitrogens with one attached hydrogen (secondary N) is 2. The molecule has 1 rings (SSSR count). The highest BCUT2D eigenvalue weighted by Gasteiger charge is 2.19. The number of carboxylic acids is 1. The van der Waals surface area contributed by atoms with Crippen molar-refractivity contribution in [2.45, 2.75) is 19.4 Å². The highest BCUT2D eigenvalue weighted by molar-refractivity contribution is 5.92. The molecule has 1 aromatic carbocycles. The molecule has 0 aromatic heterocycles. The van der Waals surface area contributed by atoms with Crippen molar-refractivity contribution in [3.8, 4) is 5.75 Å². The number of benzene rings is 1. The molecule has 1 atom stereocenters. The summed E-state index contributed by atoms with van der Waals surface area (Å²) in [6, 6.07) is 3.29. The van der Waals surface area contributed by atoms with Gasteiger partial charge in [-0.05, 0) is 30.7 Å². The topological polar surface area (TPSA) is 108 Å². The van der Waals surface area contributed by atoms with Crippen molar-refractivity contribution in [3.05, 3.63) is 23.8 Å². The highest BCUT2D eigenvalue weighted by Crippen LogP contribution is 2.21. The second kappa shape index (κ2) is 7.34. The fourth-order valence-corrected chi connectivity index (χ4v) is 1.67. The third-order valence-corrected chi connectivity index (χ3v) is 2.67. The number of aryl methyl sites for hydroxylation is 1. The molecule has 0 aliphatic heterocycles. The van der Waals surface area contributed by atoms with Crippen molar-refractivity contribution in [3.63, 3.8) is 0 Å². The van der Waals surface area contributed by atoms with E-state index in [1.54, 1.807) is 25.3 Å². The summed E-state index contributed by atoms with van der Waals surface area (Å²) in [4.78, 5) is 22.5. The highest BCUT2D eigenvalue weighted by atomic mass is 16.5. The quantitative estimate of drug-likeness (QED) is 0.621. The van der Waals surface area contributed by atoms with Gasteiger partial charge in [-0.3, -0.25) is 0 Å². The van der Waals surface area contributed by atoms with Gasteiger partial charge in [0.1, 0.15) is 11.8 Å². The molecule has 0 spiro atoms. The van der Waals surface area contributed by atoms with Gasteiger partial charge in [0.2, 0.25) is 0 Å². The number of carbonyl (C=O) groups is 2. The number of rotatable bonds is 6. The standard InChI is InChI=1S/C13H18N2O5/c1-8-7-9(3-4-11(8)20-2)14-13(19)15-10(5-6-16)12(17)18/h3-4,7,10,16H,5-6H2,1-2H3,(H,17,18)(H2,14,15,19)/t10-/m1/s1. The van der Waals surface area contributed by atoms with E-state index in [9.17, 15) is 9.59 Å². The Labute approximate surface area is 116 Å². The van der Waals surface area contributed by atoms with E-state index in [0.29, 0.717) is 11.4 Å². The predicted molar refractivity (Wildman–Crippen MR) is 73.0 cm³/mol. The van der Waals surface area contributed by atoms with Gasteiger partial charge in [0.25, 0.3) is 0 Å². The zero-order valence-electron chi connectivity index (χ0n) is 11.3. The molecule has 20 heavy (non-hydrogen) atoms. The van der Waals surface area contributed by atoms with Gasteiger partial charge >= 0.3 is 12.0 Å². The van der Waals surface area contributed by atoms with Crippen LogP contribution in [0, 0.1) is 6.92 Å². The molecule has 0 saturated carbocycles. The number of amides is 2. The van der Waals surface area contributed by atoms with E-state index in [1.165, 1.54) is 0 Å². The van der Waals surface area contributed by atoms with Crippen LogP contribution in [-0.4, -0.2) is 42.0 Å². The molecule has 0 fully saturated rings. The molecule has 0 bridgehead atoms. The van der Waals surface area contributed by atoms with Crippen molar-refractivity contribution in [1.82, 2.24) is 5.32 Å². The number of carbonyl (C=O) groups excluding carboxylic acids is 1. The zero-order chi connectivity index (χ0) is 15.1. The molecule has 0 aliphatic rings. The molecule has 0 radical (unpaired) electrons. The Bertz CT molecular complexity index is 490. The fraction of sp³-hybridized carbons (Fsp3) is 0.385. The van der Waals surface area contributed by atoms with Crippen LogP contribution in [0.25, 0.3) is 0 Å². The lowest BCUT2D eigenvalue weighted by atomic mass is 10.2. The lowest BCUT2D eigenvalue weighted by molar-refractivity contribution is -0.139. The first-order valence-electron chi connectivity index (χ1n) is 6.03. The number of urea groups is 1. The van der Waals surface area contributed by atoms with Gasteiger partial charge in [-0.15, -0.1) is 0 Å². The van der Waals surface area contributed by atoms with Crippen LogP contribution in [0.5, 0.6) is 5.75 Å². The van der Waals surface area contributed by atoms with Crippen LogP contribution < -0.4 is 15.4 Å². The Hall–Kier alpha value is -2.28. The van der Waals surface area contributed by atoms with Gasteiger partial charge in [0.05, 0.1) is 7.11 Å². The molecule has 0 heterocycles. The maximum atomic E-state index is 11.7. The average Bonchev–Trinajstić information content (AvgIpc) is 2.38. The van der Waals surface area contributed by atoms with Crippen LogP contribution in [-0.2, 0) is 4.79 Å². The molecule has 7 nitrogen and oxygen atoms in total. The van der Waals surface area contributed by atoms with Crippen molar-refractivity contribution in [2.24, 2.45) is 0 Å². The first-order valence-corrected chi connectivity index (χ1v) is 6.03. The average molecular weight is 282 g/mol. The molecule has 1 aromatic rings. The first-order chi connectivity index (χ1) is 9.47. The molecule has 0 saturated heterocycles. The van der Waals surface area contributed by atoms with E-state index in [-0.39, 0.29) is 13.0 Å². The van der Waals surface area contributed by atoms with Crippen LogP contribution in [0.4, 0.5) is 10.5 Å². The molecule has 4 N–H and O–H groups in total. The molecule has 2 amide bonds. The van der Waals surface area contributed by atoms with Crippen LogP contribution in [0.2, 0.25) is 0 Å². The summed E-state index contributed by atoms with van der Waals surface area (Å²) >= 11 is 0. The van der Waals surface area contributed by atoms with E-state index in [4.69, 9.17) is 14.9 Å². The minimum atomic E-state index is -1.19. The van der Waals surface area contributed by atoms with E-state index < -0.39 is 18.0 Å². The van der Waals surface area contributed by atoms with Gasteiger partial charge in [-0.25, -0.2) is 9.59 Å². The summed E-state index contributed by atoms with van der Waals surface area (Å²) in [6.45, 7) is 1.51. The Kier molecular flexibility index (Phi) is 5.79. The third kappa shape index (κ3) is 4.43. The van der Waals surface area contributed by atoms with E-state index in [2.05, 4.69) is 10.6 Å². The van der Waals surface area contributed by atoms with E-state index in [1.807, 2.05) is 6.92 Å².